The summed E-state index contributed by atoms with van der Waals surface area (Å²) in [7, 11) is 2.08. The highest BCUT2D eigenvalue weighted by Crippen LogP contribution is 2.24. The van der Waals surface area contributed by atoms with Crippen molar-refractivity contribution in [3.63, 3.8) is 0 Å². The highest BCUT2D eigenvalue weighted by Gasteiger charge is 2.13. The van der Waals surface area contributed by atoms with E-state index in [4.69, 9.17) is 5.26 Å². The lowest BCUT2D eigenvalue weighted by atomic mass is 10.00. The Morgan fingerprint density at radius 1 is 1.38 bits per heavy atom. The molecular weight excluding hydrogens is 258 g/mol. The van der Waals surface area contributed by atoms with E-state index in [2.05, 4.69) is 41.2 Å². The molecule has 0 saturated heterocycles. The molecule has 108 valence electrons. The molecule has 0 saturated carbocycles. The van der Waals surface area contributed by atoms with E-state index in [1.807, 2.05) is 32.2 Å². The van der Waals surface area contributed by atoms with Crippen LogP contribution in [0.2, 0.25) is 0 Å². The summed E-state index contributed by atoms with van der Waals surface area (Å²) in [4.78, 5) is 6.53. The molecule has 0 aliphatic carbocycles. The lowest BCUT2D eigenvalue weighted by Gasteiger charge is -2.28. The number of allylic oxidation sites excluding steroid dienone is 4. The van der Waals surface area contributed by atoms with Crippen LogP contribution in [0.15, 0.2) is 47.3 Å². The number of nitriles is 1. The number of aryl methyl sites for hydroxylation is 1. The Kier molecular flexibility index (Phi) is 4.94. The van der Waals surface area contributed by atoms with Gasteiger partial charge in [-0.25, -0.2) is 0 Å². The molecule has 1 aromatic heterocycles. The Hall–Kier alpha value is -2.34. The third kappa shape index (κ3) is 4.06. The standard InChI is InChI=1S/C18H21N3/c1-14(12-19)11-18-17(5-4-10-21(18)3)9-8-16-7-6-15(2)20-13-16/h6-9,11,13H,4-5,10H2,1-3H3/b9-8+,14-11+. The summed E-state index contributed by atoms with van der Waals surface area (Å²) < 4.78 is 0. The van der Waals surface area contributed by atoms with Gasteiger partial charge in [-0.1, -0.05) is 18.2 Å². The normalized spacial score (nSPS) is 16.5. The average molecular weight is 279 g/mol. The van der Waals surface area contributed by atoms with Crippen LogP contribution >= 0.6 is 0 Å². The van der Waals surface area contributed by atoms with Gasteiger partial charge in [-0.2, -0.15) is 5.26 Å². The van der Waals surface area contributed by atoms with Gasteiger partial charge in [0.2, 0.25) is 0 Å². The van der Waals surface area contributed by atoms with Gasteiger partial charge in [0.05, 0.1) is 6.07 Å². The van der Waals surface area contributed by atoms with Crippen molar-refractivity contribution in [2.24, 2.45) is 0 Å². The monoisotopic (exact) mass is 279 g/mol. The molecule has 1 aliphatic heterocycles. The largest absolute Gasteiger partial charge is 0.374 e. The van der Waals surface area contributed by atoms with Crippen LogP contribution in [0.1, 0.15) is 31.0 Å². The predicted octanol–water partition coefficient (Wildman–Crippen LogP) is 3.85. The molecule has 2 rings (SSSR count). The molecule has 0 atom stereocenters. The van der Waals surface area contributed by atoms with Crippen molar-refractivity contribution in [1.29, 1.82) is 5.26 Å². The zero-order valence-electron chi connectivity index (χ0n) is 12.9. The van der Waals surface area contributed by atoms with Gasteiger partial charge in [-0.15, -0.1) is 0 Å². The minimum Gasteiger partial charge on any atom is -0.374 e. The van der Waals surface area contributed by atoms with E-state index in [1.165, 1.54) is 5.57 Å². The van der Waals surface area contributed by atoms with Crippen molar-refractivity contribution < 1.29 is 0 Å². The van der Waals surface area contributed by atoms with Crippen molar-refractivity contribution in [1.82, 2.24) is 9.88 Å². The molecule has 0 N–H and O–H groups in total. The SMILES string of the molecule is C/C(C#N)=C\C1=C(/C=C/c2ccc(C)nc2)CCCN1C. The van der Waals surface area contributed by atoms with Gasteiger partial charge >= 0.3 is 0 Å². The first-order chi connectivity index (χ1) is 10.1. The second kappa shape index (κ2) is 6.90. The molecule has 0 bridgehead atoms. The lowest BCUT2D eigenvalue weighted by Crippen LogP contribution is -2.23. The zero-order valence-corrected chi connectivity index (χ0v) is 12.9. The van der Waals surface area contributed by atoms with Gasteiger partial charge in [-0.3, -0.25) is 4.98 Å². The molecule has 0 unspecified atom stereocenters. The minimum atomic E-state index is 0.738. The van der Waals surface area contributed by atoms with E-state index in [9.17, 15) is 0 Å². The number of pyridine rings is 1. The van der Waals surface area contributed by atoms with Crippen LogP contribution in [0.4, 0.5) is 0 Å². The van der Waals surface area contributed by atoms with Crippen molar-refractivity contribution >= 4 is 6.08 Å². The highest BCUT2D eigenvalue weighted by molar-refractivity contribution is 5.54. The van der Waals surface area contributed by atoms with E-state index in [0.717, 1.165) is 41.9 Å². The second-order valence-corrected chi connectivity index (χ2v) is 5.44. The number of nitrogens with zero attached hydrogens (tertiary/aromatic N) is 3. The molecule has 0 fully saturated rings. The number of likely N-dealkylation sites (N-methyl/N-ethyl adjacent to an activating group) is 1. The van der Waals surface area contributed by atoms with Crippen LogP contribution in [-0.4, -0.2) is 23.5 Å². The summed E-state index contributed by atoms with van der Waals surface area (Å²) in [5, 5.41) is 8.99. The number of hydrogen-bond donors (Lipinski definition) is 0. The number of hydrogen-bond acceptors (Lipinski definition) is 3. The van der Waals surface area contributed by atoms with E-state index in [-0.39, 0.29) is 0 Å². The van der Waals surface area contributed by atoms with Crippen LogP contribution in [0, 0.1) is 18.3 Å². The van der Waals surface area contributed by atoms with Gasteiger partial charge in [0, 0.05) is 36.8 Å². The van der Waals surface area contributed by atoms with E-state index >= 15 is 0 Å². The summed E-state index contributed by atoms with van der Waals surface area (Å²) in [6.45, 7) is 4.87. The first-order valence-electron chi connectivity index (χ1n) is 7.23. The molecule has 1 aromatic rings. The molecule has 3 heteroatoms. The Morgan fingerprint density at radius 2 is 2.19 bits per heavy atom. The highest BCUT2D eigenvalue weighted by atomic mass is 15.1. The van der Waals surface area contributed by atoms with Gasteiger partial charge < -0.3 is 4.90 Å². The van der Waals surface area contributed by atoms with Crippen molar-refractivity contribution in [2.75, 3.05) is 13.6 Å². The third-order valence-electron chi connectivity index (χ3n) is 3.62. The fourth-order valence-corrected chi connectivity index (χ4v) is 2.38. The molecule has 0 radical (unpaired) electrons. The molecule has 0 spiro atoms. The molecular formula is C18H21N3. The second-order valence-electron chi connectivity index (χ2n) is 5.44. The minimum absolute atomic E-state index is 0.738. The van der Waals surface area contributed by atoms with Crippen molar-refractivity contribution in [2.45, 2.75) is 26.7 Å². The molecule has 0 amide bonds. The molecule has 0 aromatic carbocycles. The van der Waals surface area contributed by atoms with Gasteiger partial charge in [0.1, 0.15) is 0 Å². The maximum absolute atomic E-state index is 8.99. The summed E-state index contributed by atoms with van der Waals surface area (Å²) in [5.41, 5.74) is 5.29. The Labute approximate surface area is 126 Å². The summed E-state index contributed by atoms with van der Waals surface area (Å²) in [6.07, 6.45) is 10.3. The first kappa shape index (κ1) is 15.1. The summed E-state index contributed by atoms with van der Waals surface area (Å²) in [6, 6.07) is 6.29. The fourth-order valence-electron chi connectivity index (χ4n) is 2.38. The van der Waals surface area contributed by atoms with Gasteiger partial charge in [-0.05, 0) is 50.0 Å². The Morgan fingerprint density at radius 3 is 2.86 bits per heavy atom. The lowest BCUT2D eigenvalue weighted by molar-refractivity contribution is 0.394. The topological polar surface area (TPSA) is 39.9 Å². The van der Waals surface area contributed by atoms with E-state index in [0.29, 0.717) is 0 Å². The van der Waals surface area contributed by atoms with Gasteiger partial charge in [0.25, 0.3) is 0 Å². The number of aromatic nitrogens is 1. The summed E-state index contributed by atoms with van der Waals surface area (Å²) >= 11 is 0. The molecule has 1 aliphatic rings. The quantitative estimate of drug-likeness (QED) is 0.789. The maximum atomic E-state index is 8.99. The van der Waals surface area contributed by atoms with Crippen LogP contribution < -0.4 is 0 Å². The number of rotatable bonds is 3. The Balaban J connectivity index is 2.31. The van der Waals surface area contributed by atoms with Crippen LogP contribution in [0.3, 0.4) is 0 Å². The first-order valence-corrected chi connectivity index (χ1v) is 7.23. The summed E-state index contributed by atoms with van der Waals surface area (Å²) in [5.74, 6) is 0. The maximum Gasteiger partial charge on any atom is 0.0944 e. The van der Waals surface area contributed by atoms with Crippen molar-refractivity contribution in [3.05, 3.63) is 58.6 Å². The Bertz CT molecular complexity index is 627. The van der Waals surface area contributed by atoms with Crippen LogP contribution in [-0.2, 0) is 0 Å². The van der Waals surface area contributed by atoms with Crippen molar-refractivity contribution in [3.8, 4) is 6.07 Å². The fraction of sp³-hybridized carbons (Fsp3) is 0.333. The van der Waals surface area contributed by atoms with E-state index in [1.54, 1.807) is 0 Å². The zero-order chi connectivity index (χ0) is 15.2. The molecule has 21 heavy (non-hydrogen) atoms. The van der Waals surface area contributed by atoms with Gasteiger partial charge in [0.15, 0.2) is 0 Å². The predicted molar refractivity (Wildman–Crippen MR) is 86.3 cm³/mol. The smallest absolute Gasteiger partial charge is 0.0944 e. The third-order valence-corrected chi connectivity index (χ3v) is 3.62. The van der Waals surface area contributed by atoms with Crippen LogP contribution in [0.25, 0.3) is 6.08 Å². The average Bonchev–Trinajstić information content (AvgIpc) is 2.49. The van der Waals surface area contributed by atoms with E-state index < -0.39 is 0 Å². The molecule has 3 nitrogen and oxygen atoms in total. The van der Waals surface area contributed by atoms with Crippen LogP contribution in [0.5, 0.6) is 0 Å². The molecule has 2 heterocycles.